The summed E-state index contributed by atoms with van der Waals surface area (Å²) in [5, 5.41) is 6.65. The van der Waals surface area contributed by atoms with Gasteiger partial charge in [0.25, 0.3) is 0 Å². The molecule has 2 fully saturated rings. The molecule has 3 heterocycles. The van der Waals surface area contributed by atoms with Crippen LogP contribution in [0.25, 0.3) is 20.8 Å². The van der Waals surface area contributed by atoms with Gasteiger partial charge in [0.2, 0.25) is 5.95 Å². The average Bonchev–Trinajstić information content (AvgIpc) is 3.44. The minimum atomic E-state index is -4.35. The summed E-state index contributed by atoms with van der Waals surface area (Å²) in [4.78, 5) is 16.1. The van der Waals surface area contributed by atoms with Crippen molar-refractivity contribution in [3.63, 3.8) is 0 Å². The Balaban J connectivity index is 1.39. The Bertz CT molecular complexity index is 1130. The van der Waals surface area contributed by atoms with Gasteiger partial charge in [-0.2, -0.15) is 18.2 Å². The van der Waals surface area contributed by atoms with E-state index in [-0.39, 0.29) is 12.0 Å². The predicted octanol–water partition coefficient (Wildman–Crippen LogP) is 4.95. The normalized spacial score (nSPS) is 21.5. The molecule has 1 aliphatic heterocycles. The summed E-state index contributed by atoms with van der Waals surface area (Å²) >= 11 is 1.53. The van der Waals surface area contributed by atoms with Crippen molar-refractivity contribution in [3.8, 4) is 10.6 Å². The summed E-state index contributed by atoms with van der Waals surface area (Å²) in [5.41, 5.74) is 2.22. The number of halogens is 3. The summed E-state index contributed by atoms with van der Waals surface area (Å²) in [6.07, 6.45) is -1.27. The molecular formula is C24H29F3N6OS. The Labute approximate surface area is 206 Å². The lowest BCUT2D eigenvalue weighted by molar-refractivity contribution is -0.115. The first kappa shape index (κ1) is 24.2. The highest BCUT2D eigenvalue weighted by molar-refractivity contribution is 7.21. The fraction of sp³-hybridized carbons (Fsp3) is 0.542. The molecule has 1 aliphatic carbocycles. The standard InChI is InChI=1S/C24H29F3N6OS/c1-15-20(22-31-18-4-2-3-5-19(18)35-22)21(32-23(29-15)28-14-24(25,26)27)30-17-7-6-16(12-17)13-33-8-10-34-11-9-33/h2-5,16-17H,6-14H2,1H3,(H2,28,29,30,32)/t16-,17+/m1/s1. The van der Waals surface area contributed by atoms with Crippen LogP contribution in [-0.2, 0) is 4.74 Å². The zero-order chi connectivity index (χ0) is 24.4. The van der Waals surface area contributed by atoms with Crippen LogP contribution < -0.4 is 10.6 Å². The number of benzene rings is 1. The smallest absolute Gasteiger partial charge is 0.379 e. The number of hydrogen-bond donors (Lipinski definition) is 2. The van der Waals surface area contributed by atoms with Crippen molar-refractivity contribution in [1.29, 1.82) is 0 Å². The van der Waals surface area contributed by atoms with Gasteiger partial charge in [0.1, 0.15) is 17.4 Å². The Hall–Kier alpha value is -2.50. The minimum absolute atomic E-state index is 0.0324. The van der Waals surface area contributed by atoms with E-state index in [1.807, 2.05) is 24.3 Å². The van der Waals surface area contributed by atoms with Crippen LogP contribution in [0, 0.1) is 12.8 Å². The van der Waals surface area contributed by atoms with Crippen LogP contribution in [0.5, 0.6) is 0 Å². The first-order valence-corrected chi connectivity index (χ1v) is 12.8. The number of para-hydroxylation sites is 1. The molecule has 35 heavy (non-hydrogen) atoms. The number of aromatic nitrogens is 3. The van der Waals surface area contributed by atoms with Crippen LogP contribution >= 0.6 is 11.3 Å². The number of anilines is 2. The number of morpholine rings is 1. The maximum atomic E-state index is 12.8. The highest BCUT2D eigenvalue weighted by atomic mass is 32.1. The second-order valence-electron chi connectivity index (χ2n) is 9.25. The Morgan fingerprint density at radius 3 is 2.69 bits per heavy atom. The molecule has 3 aromatic rings. The number of nitrogens with zero attached hydrogens (tertiary/aromatic N) is 4. The van der Waals surface area contributed by atoms with E-state index in [1.165, 1.54) is 11.3 Å². The van der Waals surface area contributed by atoms with Gasteiger partial charge in [-0.15, -0.1) is 11.3 Å². The van der Waals surface area contributed by atoms with Crippen molar-refractivity contribution in [1.82, 2.24) is 19.9 Å². The van der Waals surface area contributed by atoms with Crippen molar-refractivity contribution < 1.29 is 17.9 Å². The number of ether oxygens (including phenoxy) is 1. The Morgan fingerprint density at radius 1 is 1.11 bits per heavy atom. The largest absolute Gasteiger partial charge is 0.405 e. The molecule has 11 heteroatoms. The zero-order valence-corrected chi connectivity index (χ0v) is 20.4. The lowest BCUT2D eigenvalue weighted by Crippen LogP contribution is -2.39. The van der Waals surface area contributed by atoms with Gasteiger partial charge in [-0.1, -0.05) is 12.1 Å². The third-order valence-corrected chi connectivity index (χ3v) is 7.60. The molecule has 1 saturated heterocycles. The summed E-state index contributed by atoms with van der Waals surface area (Å²) in [7, 11) is 0. The van der Waals surface area contributed by atoms with Crippen LogP contribution in [0.4, 0.5) is 24.9 Å². The van der Waals surface area contributed by atoms with Crippen LogP contribution in [0.3, 0.4) is 0 Å². The first-order chi connectivity index (χ1) is 16.8. The molecule has 2 atom stereocenters. The second-order valence-corrected chi connectivity index (χ2v) is 10.3. The molecule has 1 aromatic carbocycles. The summed E-state index contributed by atoms with van der Waals surface area (Å²) in [6, 6.07) is 8.05. The van der Waals surface area contributed by atoms with E-state index in [0.717, 1.165) is 72.9 Å². The van der Waals surface area contributed by atoms with Crippen LogP contribution in [0.15, 0.2) is 24.3 Å². The number of alkyl halides is 3. The molecule has 2 N–H and O–H groups in total. The molecule has 5 rings (SSSR count). The second kappa shape index (κ2) is 10.2. The van der Waals surface area contributed by atoms with Crippen molar-refractivity contribution in [2.24, 2.45) is 5.92 Å². The minimum Gasteiger partial charge on any atom is -0.379 e. The van der Waals surface area contributed by atoms with E-state index < -0.39 is 12.7 Å². The third kappa shape index (κ3) is 6.02. The van der Waals surface area contributed by atoms with Gasteiger partial charge >= 0.3 is 6.18 Å². The fourth-order valence-corrected chi connectivity index (χ4v) is 5.95. The summed E-state index contributed by atoms with van der Waals surface area (Å²) in [5.74, 6) is 1.08. The summed E-state index contributed by atoms with van der Waals surface area (Å²) < 4.78 is 44.9. The third-order valence-electron chi connectivity index (χ3n) is 6.55. The van der Waals surface area contributed by atoms with E-state index >= 15 is 0 Å². The molecule has 0 bridgehead atoms. The molecule has 0 spiro atoms. The molecule has 0 radical (unpaired) electrons. The van der Waals surface area contributed by atoms with Crippen LogP contribution in [0.2, 0.25) is 0 Å². The molecule has 2 aromatic heterocycles. The average molecular weight is 507 g/mol. The quantitative estimate of drug-likeness (QED) is 0.470. The van der Waals surface area contributed by atoms with Gasteiger partial charge in [-0.25, -0.2) is 9.97 Å². The Kier molecular flexibility index (Phi) is 7.08. The van der Waals surface area contributed by atoms with Crippen molar-refractivity contribution in [3.05, 3.63) is 30.0 Å². The van der Waals surface area contributed by atoms with E-state index in [0.29, 0.717) is 17.4 Å². The Morgan fingerprint density at radius 2 is 1.91 bits per heavy atom. The predicted molar refractivity (Wildman–Crippen MR) is 132 cm³/mol. The SMILES string of the molecule is Cc1nc(NCC(F)(F)F)nc(N[C@H]2CC[C@@H](CN3CCOCC3)C2)c1-c1nc2ccccc2s1. The molecule has 7 nitrogen and oxygen atoms in total. The lowest BCUT2D eigenvalue weighted by atomic mass is 10.1. The van der Waals surface area contributed by atoms with Crippen LogP contribution in [0.1, 0.15) is 25.0 Å². The summed E-state index contributed by atoms with van der Waals surface area (Å²) in [6.45, 7) is 5.17. The van der Waals surface area contributed by atoms with Crippen molar-refractivity contribution >= 4 is 33.3 Å². The molecule has 0 amide bonds. The molecule has 188 valence electrons. The van der Waals surface area contributed by atoms with Gasteiger partial charge in [0, 0.05) is 25.7 Å². The van der Waals surface area contributed by atoms with Gasteiger partial charge < -0.3 is 15.4 Å². The van der Waals surface area contributed by atoms with E-state index in [2.05, 4.69) is 25.5 Å². The van der Waals surface area contributed by atoms with E-state index in [9.17, 15) is 13.2 Å². The van der Waals surface area contributed by atoms with Gasteiger partial charge in [-0.05, 0) is 44.2 Å². The van der Waals surface area contributed by atoms with E-state index in [1.54, 1.807) is 6.92 Å². The molecule has 1 saturated carbocycles. The first-order valence-electron chi connectivity index (χ1n) is 12.0. The number of nitrogens with one attached hydrogen (secondary N) is 2. The van der Waals surface area contributed by atoms with Crippen molar-refractivity contribution in [2.45, 2.75) is 38.4 Å². The van der Waals surface area contributed by atoms with Gasteiger partial charge in [0.15, 0.2) is 0 Å². The molecular weight excluding hydrogens is 477 g/mol. The number of aryl methyl sites for hydroxylation is 1. The maximum Gasteiger partial charge on any atom is 0.405 e. The van der Waals surface area contributed by atoms with Crippen LogP contribution in [-0.4, -0.2) is 71.5 Å². The number of thiazole rings is 1. The molecule has 0 unspecified atom stereocenters. The van der Waals surface area contributed by atoms with Gasteiger partial charge in [-0.3, -0.25) is 4.90 Å². The number of fused-ring (bicyclic) bond motifs is 1. The number of hydrogen-bond acceptors (Lipinski definition) is 8. The highest BCUT2D eigenvalue weighted by Gasteiger charge is 2.30. The highest BCUT2D eigenvalue weighted by Crippen LogP contribution is 2.38. The molecule has 2 aliphatic rings. The number of rotatable bonds is 7. The fourth-order valence-electron chi connectivity index (χ4n) is 4.88. The zero-order valence-electron chi connectivity index (χ0n) is 19.6. The van der Waals surface area contributed by atoms with Gasteiger partial charge in [0.05, 0.1) is 34.7 Å². The lowest BCUT2D eigenvalue weighted by Gasteiger charge is -2.29. The maximum absolute atomic E-state index is 12.8. The van der Waals surface area contributed by atoms with E-state index in [4.69, 9.17) is 9.72 Å². The topological polar surface area (TPSA) is 75.2 Å². The van der Waals surface area contributed by atoms with Crippen molar-refractivity contribution in [2.75, 3.05) is 50.0 Å². The monoisotopic (exact) mass is 506 g/mol.